The van der Waals surface area contributed by atoms with Crippen LogP contribution in [-0.2, 0) is 17.8 Å². The minimum Gasteiger partial charge on any atom is -0.337 e. The summed E-state index contributed by atoms with van der Waals surface area (Å²) in [5, 5.41) is 9.83. The van der Waals surface area contributed by atoms with Crippen LogP contribution in [0.25, 0.3) is 0 Å². The van der Waals surface area contributed by atoms with Crippen LogP contribution in [0.4, 0.5) is 0 Å². The first kappa shape index (κ1) is 18.2. The molecule has 0 spiro atoms. The third-order valence-electron chi connectivity index (χ3n) is 4.49. The highest BCUT2D eigenvalue weighted by Crippen LogP contribution is 2.25. The minimum absolute atomic E-state index is 0.0310. The van der Waals surface area contributed by atoms with E-state index >= 15 is 0 Å². The zero-order valence-electron chi connectivity index (χ0n) is 14.8. The van der Waals surface area contributed by atoms with E-state index in [4.69, 9.17) is 0 Å². The molecule has 2 heterocycles. The number of nitrogens with zero attached hydrogens (tertiary/aromatic N) is 3. The maximum atomic E-state index is 12.6. The van der Waals surface area contributed by atoms with Crippen molar-refractivity contribution in [2.45, 2.75) is 31.8 Å². The van der Waals surface area contributed by atoms with E-state index in [1.54, 1.807) is 13.0 Å². The molecule has 0 atom stereocenters. The van der Waals surface area contributed by atoms with Crippen molar-refractivity contribution in [3.05, 3.63) is 58.3 Å². The van der Waals surface area contributed by atoms with E-state index in [1.807, 2.05) is 17.0 Å². The van der Waals surface area contributed by atoms with Crippen molar-refractivity contribution in [3.63, 3.8) is 0 Å². The molecule has 0 N–H and O–H groups in total. The number of benzene rings is 1. The number of aromatic nitrogens is 1. The minimum atomic E-state index is -0.119. The van der Waals surface area contributed by atoms with Crippen molar-refractivity contribution in [2.24, 2.45) is 0 Å². The Hall–Kier alpha value is -2.65. The van der Waals surface area contributed by atoms with Crippen molar-refractivity contribution in [1.82, 2.24) is 9.88 Å². The first-order chi connectivity index (χ1) is 12.5. The number of pyridine rings is 1. The van der Waals surface area contributed by atoms with Gasteiger partial charge in [-0.25, -0.2) is 4.98 Å². The van der Waals surface area contributed by atoms with Crippen molar-refractivity contribution < 1.29 is 9.59 Å². The van der Waals surface area contributed by atoms with Crippen molar-refractivity contribution in [2.75, 3.05) is 12.3 Å². The standard InChI is InChI=1S/C20H19N3O2S/c1-13-18(14(2)24)9-17(10-21)20(22-13)26-12-19(25)23-8-7-15-5-3-4-6-16(15)11-23/h3-6,9H,7-8,11-12H2,1-2H3. The van der Waals surface area contributed by atoms with Crippen LogP contribution in [0.2, 0.25) is 0 Å². The molecule has 3 rings (SSSR count). The number of rotatable bonds is 4. The Morgan fingerprint density at radius 3 is 2.73 bits per heavy atom. The molecule has 0 aliphatic carbocycles. The van der Waals surface area contributed by atoms with E-state index in [-0.39, 0.29) is 17.4 Å². The number of aryl methyl sites for hydroxylation is 1. The van der Waals surface area contributed by atoms with Gasteiger partial charge in [-0.05, 0) is 37.5 Å². The van der Waals surface area contributed by atoms with E-state index in [0.717, 1.165) is 6.42 Å². The van der Waals surface area contributed by atoms with Gasteiger partial charge in [0.2, 0.25) is 5.91 Å². The molecule has 0 unspecified atom stereocenters. The van der Waals surface area contributed by atoms with E-state index in [9.17, 15) is 14.9 Å². The molecule has 1 aliphatic rings. The van der Waals surface area contributed by atoms with Crippen molar-refractivity contribution in [1.29, 1.82) is 5.26 Å². The number of hydrogen-bond donors (Lipinski definition) is 0. The Morgan fingerprint density at radius 2 is 2.04 bits per heavy atom. The monoisotopic (exact) mass is 365 g/mol. The Balaban J connectivity index is 1.70. The molecule has 1 aromatic carbocycles. The lowest BCUT2D eigenvalue weighted by Crippen LogP contribution is -2.37. The van der Waals surface area contributed by atoms with Gasteiger partial charge in [-0.3, -0.25) is 9.59 Å². The predicted octanol–water partition coefficient (Wildman–Crippen LogP) is 3.14. The van der Waals surface area contributed by atoms with Gasteiger partial charge in [-0.1, -0.05) is 36.0 Å². The molecule has 1 aliphatic heterocycles. The molecule has 0 saturated heterocycles. The van der Waals surface area contributed by atoms with Gasteiger partial charge in [-0.15, -0.1) is 0 Å². The van der Waals surface area contributed by atoms with Gasteiger partial charge in [0, 0.05) is 24.3 Å². The van der Waals surface area contributed by atoms with Crippen LogP contribution in [0, 0.1) is 18.3 Å². The van der Waals surface area contributed by atoms with Crippen LogP contribution in [0.5, 0.6) is 0 Å². The number of nitriles is 1. The van der Waals surface area contributed by atoms with E-state index in [0.29, 0.717) is 34.9 Å². The lowest BCUT2D eigenvalue weighted by Gasteiger charge is -2.28. The summed E-state index contributed by atoms with van der Waals surface area (Å²) in [6.45, 7) is 4.52. The van der Waals surface area contributed by atoms with Crippen molar-refractivity contribution in [3.8, 4) is 6.07 Å². The van der Waals surface area contributed by atoms with Gasteiger partial charge in [0.1, 0.15) is 11.1 Å². The second kappa shape index (κ2) is 7.71. The van der Waals surface area contributed by atoms with Gasteiger partial charge in [0.15, 0.2) is 5.78 Å². The SMILES string of the molecule is CC(=O)c1cc(C#N)c(SCC(=O)N2CCc3ccccc3C2)nc1C. The van der Waals surface area contributed by atoms with E-state index in [2.05, 4.69) is 23.2 Å². The van der Waals surface area contributed by atoms with E-state index < -0.39 is 0 Å². The fourth-order valence-corrected chi connectivity index (χ4v) is 3.96. The topological polar surface area (TPSA) is 74.1 Å². The largest absolute Gasteiger partial charge is 0.337 e. The first-order valence-corrected chi connectivity index (χ1v) is 9.38. The second-order valence-electron chi connectivity index (χ2n) is 6.26. The second-order valence-corrected chi connectivity index (χ2v) is 7.23. The number of hydrogen-bond acceptors (Lipinski definition) is 5. The normalized spacial score (nSPS) is 13.0. The van der Waals surface area contributed by atoms with Crippen LogP contribution in [0.1, 0.15) is 39.7 Å². The molecule has 2 aromatic rings. The van der Waals surface area contributed by atoms with Crippen molar-refractivity contribution >= 4 is 23.5 Å². The number of Topliss-reactive ketones (excluding diaryl/α,β-unsaturated/α-hetero) is 1. The molecule has 6 heteroatoms. The van der Waals surface area contributed by atoms with Crippen LogP contribution in [-0.4, -0.2) is 33.9 Å². The zero-order valence-corrected chi connectivity index (χ0v) is 15.6. The summed E-state index contributed by atoms with van der Waals surface area (Å²) in [7, 11) is 0. The summed E-state index contributed by atoms with van der Waals surface area (Å²) in [5.41, 5.74) is 3.86. The van der Waals surface area contributed by atoms with Gasteiger partial charge in [0.25, 0.3) is 0 Å². The quantitative estimate of drug-likeness (QED) is 0.615. The highest BCUT2D eigenvalue weighted by molar-refractivity contribution is 8.00. The highest BCUT2D eigenvalue weighted by Gasteiger charge is 2.21. The summed E-state index contributed by atoms with van der Waals surface area (Å²) in [4.78, 5) is 30.4. The molecule has 0 bridgehead atoms. The zero-order chi connectivity index (χ0) is 18.7. The molecular weight excluding hydrogens is 346 g/mol. The van der Waals surface area contributed by atoms with Gasteiger partial charge >= 0.3 is 0 Å². The maximum Gasteiger partial charge on any atom is 0.233 e. The van der Waals surface area contributed by atoms with Crippen LogP contribution in [0.3, 0.4) is 0 Å². The molecule has 1 amide bonds. The predicted molar refractivity (Wildman–Crippen MR) is 100.0 cm³/mol. The number of carbonyl (C=O) groups is 2. The Bertz CT molecular complexity index is 918. The molecule has 0 fully saturated rings. The number of thioether (sulfide) groups is 1. The number of amides is 1. The number of carbonyl (C=O) groups excluding carboxylic acids is 2. The Morgan fingerprint density at radius 1 is 1.31 bits per heavy atom. The Labute approximate surface area is 157 Å². The third kappa shape index (κ3) is 3.78. The fraction of sp³-hybridized carbons (Fsp3) is 0.300. The lowest BCUT2D eigenvalue weighted by molar-refractivity contribution is -0.129. The van der Waals surface area contributed by atoms with Crippen LogP contribution >= 0.6 is 11.8 Å². The molecule has 0 saturated carbocycles. The molecule has 5 nitrogen and oxygen atoms in total. The average molecular weight is 365 g/mol. The molecule has 1 aromatic heterocycles. The number of ketones is 1. The smallest absolute Gasteiger partial charge is 0.233 e. The lowest BCUT2D eigenvalue weighted by atomic mass is 10.00. The van der Waals surface area contributed by atoms with Gasteiger partial charge in [0.05, 0.1) is 11.3 Å². The maximum absolute atomic E-state index is 12.6. The van der Waals surface area contributed by atoms with Crippen LogP contribution < -0.4 is 0 Å². The van der Waals surface area contributed by atoms with Gasteiger partial charge in [-0.2, -0.15) is 5.26 Å². The Kier molecular flexibility index (Phi) is 5.38. The molecular formula is C20H19N3O2S. The first-order valence-electron chi connectivity index (χ1n) is 8.39. The summed E-state index contributed by atoms with van der Waals surface area (Å²) >= 11 is 1.25. The van der Waals surface area contributed by atoms with E-state index in [1.165, 1.54) is 29.8 Å². The number of fused-ring (bicyclic) bond motifs is 1. The van der Waals surface area contributed by atoms with Gasteiger partial charge < -0.3 is 4.90 Å². The molecule has 132 valence electrons. The molecule has 0 radical (unpaired) electrons. The summed E-state index contributed by atoms with van der Waals surface area (Å²) < 4.78 is 0. The fourth-order valence-electron chi connectivity index (χ4n) is 3.06. The summed E-state index contributed by atoms with van der Waals surface area (Å²) in [5.74, 6) is 0.137. The summed E-state index contributed by atoms with van der Waals surface area (Å²) in [6.07, 6.45) is 0.862. The third-order valence-corrected chi connectivity index (χ3v) is 5.47. The average Bonchev–Trinajstić information content (AvgIpc) is 2.65. The van der Waals surface area contributed by atoms with Crippen LogP contribution in [0.15, 0.2) is 35.4 Å². The highest BCUT2D eigenvalue weighted by atomic mass is 32.2. The molecule has 26 heavy (non-hydrogen) atoms. The summed E-state index contributed by atoms with van der Waals surface area (Å²) in [6, 6.07) is 11.8.